The molecule has 5 nitrogen and oxygen atoms in total. The topological polar surface area (TPSA) is 75.6 Å². The van der Waals surface area contributed by atoms with Gasteiger partial charge < -0.3 is 0 Å². The Morgan fingerprint density at radius 1 is 1.27 bits per heavy atom. The van der Waals surface area contributed by atoms with Crippen LogP contribution in [0.5, 0.6) is 0 Å². The lowest BCUT2D eigenvalue weighted by molar-refractivity contribution is 0.194. The van der Waals surface area contributed by atoms with E-state index in [9.17, 15) is 8.42 Å². The lowest BCUT2D eigenvalue weighted by Crippen LogP contribution is -2.09. The Kier molecular flexibility index (Phi) is 4.54. The number of rotatable bonds is 6. The van der Waals surface area contributed by atoms with Crippen LogP contribution in [0.25, 0.3) is 0 Å². The summed E-state index contributed by atoms with van der Waals surface area (Å²) in [6, 6.07) is 9.23. The van der Waals surface area contributed by atoms with Gasteiger partial charge in [-0.1, -0.05) is 18.2 Å². The number of hydrogen-bond donors (Lipinski definition) is 2. The van der Waals surface area contributed by atoms with Crippen molar-refractivity contribution in [1.82, 2.24) is 0 Å². The summed E-state index contributed by atoms with van der Waals surface area (Å²) in [5, 5.41) is 0. The van der Waals surface area contributed by atoms with Crippen LogP contribution in [0, 0.1) is 0 Å². The van der Waals surface area contributed by atoms with Crippen molar-refractivity contribution in [2.45, 2.75) is 6.42 Å². The number of benzene rings is 1. The second kappa shape index (κ2) is 5.69. The largest absolute Gasteiger partial charge is 0.286 e. The van der Waals surface area contributed by atoms with Gasteiger partial charge in [0.05, 0.1) is 18.0 Å². The first-order valence-electron chi connectivity index (χ1n) is 4.46. The van der Waals surface area contributed by atoms with Crippen LogP contribution in [-0.4, -0.2) is 25.3 Å². The fraction of sp³-hybridized carbons (Fsp3) is 0.333. The summed E-state index contributed by atoms with van der Waals surface area (Å²) in [6.45, 7) is 0.217. The van der Waals surface area contributed by atoms with Gasteiger partial charge in [0.1, 0.15) is 0 Å². The van der Waals surface area contributed by atoms with Gasteiger partial charge in [0.15, 0.2) is 0 Å². The molecule has 1 rings (SSSR count). The molecule has 0 aliphatic heterocycles. The zero-order valence-corrected chi connectivity index (χ0v) is 8.90. The molecule has 0 bridgehead atoms. The first kappa shape index (κ1) is 12.0. The summed E-state index contributed by atoms with van der Waals surface area (Å²) < 4.78 is 29.1. The highest BCUT2D eigenvalue weighted by Gasteiger charge is 2.02. The van der Waals surface area contributed by atoms with E-state index >= 15 is 0 Å². The van der Waals surface area contributed by atoms with Crippen molar-refractivity contribution in [1.29, 1.82) is 0 Å². The first-order chi connectivity index (χ1) is 7.08. The highest BCUT2D eigenvalue weighted by Crippen LogP contribution is 2.04. The normalized spacial score (nSPS) is 11.3. The Morgan fingerprint density at radius 3 is 2.53 bits per heavy atom. The minimum atomic E-state index is -3.88. The lowest BCUT2D eigenvalue weighted by Gasteiger charge is -2.05. The summed E-state index contributed by atoms with van der Waals surface area (Å²) in [5.41, 5.74) is 3.45. The molecule has 0 radical (unpaired) electrons. The monoisotopic (exact) mass is 231 g/mol. The van der Waals surface area contributed by atoms with E-state index in [4.69, 9.17) is 9.39 Å². The quantitative estimate of drug-likeness (QED) is 0.438. The molecule has 0 saturated heterocycles. The summed E-state index contributed by atoms with van der Waals surface area (Å²) in [6.07, 6.45) is 0.249. The zero-order valence-electron chi connectivity index (χ0n) is 8.09. The van der Waals surface area contributed by atoms with Gasteiger partial charge in [0, 0.05) is 0 Å². The Hall–Kier alpha value is -1.11. The van der Waals surface area contributed by atoms with E-state index in [2.05, 4.69) is 5.48 Å². The van der Waals surface area contributed by atoms with Crippen LogP contribution in [0.15, 0.2) is 30.3 Å². The fourth-order valence-corrected chi connectivity index (χ4v) is 1.44. The van der Waals surface area contributed by atoms with Gasteiger partial charge in [-0.2, -0.15) is 8.42 Å². The summed E-state index contributed by atoms with van der Waals surface area (Å²) in [7, 11) is -3.88. The standard InChI is InChI=1S/C9H13NO4S/c11-15(12,13)8-4-7-14-10-9-5-2-1-3-6-9/h1-3,5-6,10H,4,7-8H2,(H,11,12,13). The van der Waals surface area contributed by atoms with E-state index in [1.807, 2.05) is 30.3 Å². The van der Waals surface area contributed by atoms with Crippen LogP contribution in [0.3, 0.4) is 0 Å². The lowest BCUT2D eigenvalue weighted by atomic mass is 10.3. The van der Waals surface area contributed by atoms with Crippen molar-refractivity contribution < 1.29 is 17.8 Å². The number of anilines is 1. The summed E-state index contributed by atoms with van der Waals surface area (Å²) in [4.78, 5) is 4.99. The molecule has 84 valence electrons. The van der Waals surface area contributed by atoms with E-state index in [1.54, 1.807) is 0 Å². The predicted octanol–water partition coefficient (Wildman–Crippen LogP) is 1.31. The van der Waals surface area contributed by atoms with Crippen LogP contribution in [0.2, 0.25) is 0 Å². The predicted molar refractivity (Wildman–Crippen MR) is 57.0 cm³/mol. The summed E-state index contributed by atoms with van der Waals surface area (Å²) in [5.74, 6) is -0.288. The molecule has 15 heavy (non-hydrogen) atoms. The Labute approximate surface area is 88.8 Å². The van der Waals surface area contributed by atoms with Crippen molar-refractivity contribution in [3.8, 4) is 0 Å². The van der Waals surface area contributed by atoms with Crippen LogP contribution in [0.4, 0.5) is 5.69 Å². The molecule has 0 aliphatic rings. The third-order valence-electron chi connectivity index (χ3n) is 1.61. The van der Waals surface area contributed by atoms with Gasteiger partial charge in [0.25, 0.3) is 10.1 Å². The minimum Gasteiger partial charge on any atom is -0.286 e. The van der Waals surface area contributed by atoms with E-state index in [0.29, 0.717) is 0 Å². The fourth-order valence-electron chi connectivity index (χ4n) is 0.954. The van der Waals surface area contributed by atoms with Crippen molar-refractivity contribution in [2.75, 3.05) is 17.8 Å². The van der Waals surface area contributed by atoms with Crippen LogP contribution in [-0.2, 0) is 15.0 Å². The second-order valence-corrected chi connectivity index (χ2v) is 4.53. The molecule has 1 aromatic rings. The maximum absolute atomic E-state index is 10.3. The van der Waals surface area contributed by atoms with E-state index in [0.717, 1.165) is 5.69 Å². The molecular weight excluding hydrogens is 218 g/mol. The molecule has 2 N–H and O–H groups in total. The van der Waals surface area contributed by atoms with E-state index < -0.39 is 10.1 Å². The van der Waals surface area contributed by atoms with Gasteiger partial charge in [0.2, 0.25) is 0 Å². The molecular formula is C9H13NO4S. The maximum Gasteiger partial charge on any atom is 0.264 e. The van der Waals surface area contributed by atoms with E-state index in [1.165, 1.54) is 0 Å². The molecule has 1 aromatic carbocycles. The summed E-state index contributed by atoms with van der Waals surface area (Å²) >= 11 is 0. The third-order valence-corrected chi connectivity index (χ3v) is 2.42. The third kappa shape index (κ3) is 6.05. The molecule has 0 saturated carbocycles. The number of nitrogens with one attached hydrogen (secondary N) is 1. The van der Waals surface area contributed by atoms with Crippen molar-refractivity contribution in [3.05, 3.63) is 30.3 Å². The average Bonchev–Trinajstić information content (AvgIpc) is 2.17. The molecule has 6 heteroatoms. The van der Waals surface area contributed by atoms with Gasteiger partial charge in [-0.15, -0.1) is 0 Å². The molecule has 0 aliphatic carbocycles. The van der Waals surface area contributed by atoms with Gasteiger partial charge in [-0.3, -0.25) is 14.9 Å². The van der Waals surface area contributed by atoms with Gasteiger partial charge in [-0.05, 0) is 18.6 Å². The average molecular weight is 231 g/mol. The molecule has 0 aromatic heterocycles. The number of para-hydroxylation sites is 1. The van der Waals surface area contributed by atoms with Crippen LogP contribution in [0.1, 0.15) is 6.42 Å². The van der Waals surface area contributed by atoms with Crippen molar-refractivity contribution >= 4 is 15.8 Å². The van der Waals surface area contributed by atoms with E-state index in [-0.39, 0.29) is 18.8 Å². The Bertz CT molecular complexity index is 376. The Morgan fingerprint density at radius 2 is 1.93 bits per heavy atom. The van der Waals surface area contributed by atoms with Crippen molar-refractivity contribution in [3.63, 3.8) is 0 Å². The maximum atomic E-state index is 10.3. The highest BCUT2D eigenvalue weighted by atomic mass is 32.2. The van der Waals surface area contributed by atoms with Crippen LogP contribution >= 0.6 is 0 Å². The van der Waals surface area contributed by atoms with Crippen LogP contribution < -0.4 is 5.48 Å². The van der Waals surface area contributed by atoms with Gasteiger partial charge >= 0.3 is 0 Å². The molecule has 0 fully saturated rings. The van der Waals surface area contributed by atoms with Gasteiger partial charge in [-0.25, -0.2) is 0 Å². The molecule has 0 spiro atoms. The first-order valence-corrected chi connectivity index (χ1v) is 6.07. The van der Waals surface area contributed by atoms with Crippen molar-refractivity contribution in [2.24, 2.45) is 0 Å². The molecule has 0 atom stereocenters. The molecule has 0 heterocycles. The zero-order chi connectivity index (χ0) is 11.1. The Balaban J connectivity index is 2.13. The smallest absolute Gasteiger partial charge is 0.264 e. The molecule has 0 unspecified atom stereocenters. The SMILES string of the molecule is O=S(=O)(O)CCCONc1ccccc1. The highest BCUT2D eigenvalue weighted by molar-refractivity contribution is 7.85. The minimum absolute atomic E-state index is 0.217. The number of hydrogen-bond acceptors (Lipinski definition) is 4. The second-order valence-electron chi connectivity index (χ2n) is 2.96. The molecule has 0 amide bonds.